The summed E-state index contributed by atoms with van der Waals surface area (Å²) in [6, 6.07) is 6.18. The molecule has 2 aromatic heterocycles. The van der Waals surface area contributed by atoms with E-state index in [1.165, 1.54) is 0 Å². The number of carbonyl (C=O) groups is 1. The number of methoxy groups -OCH3 is 1. The lowest BCUT2D eigenvalue weighted by molar-refractivity contribution is 0.0751. The van der Waals surface area contributed by atoms with Crippen LogP contribution in [0.25, 0.3) is 10.9 Å². The zero-order valence-corrected chi connectivity index (χ0v) is 19.8. The van der Waals surface area contributed by atoms with E-state index in [4.69, 9.17) is 20.9 Å². The van der Waals surface area contributed by atoms with E-state index in [2.05, 4.69) is 26.0 Å². The normalized spacial score (nSPS) is 17.9. The molecule has 1 aliphatic heterocycles. The fourth-order valence-corrected chi connectivity index (χ4v) is 4.02. The molecular formula is C23H31FN8O3. The fourth-order valence-electron chi connectivity index (χ4n) is 4.02. The van der Waals surface area contributed by atoms with Gasteiger partial charge >= 0.3 is 0 Å². The molecule has 1 fully saturated rings. The Morgan fingerprint density at radius 3 is 2.89 bits per heavy atom. The maximum atomic E-state index is 14.8. The lowest BCUT2D eigenvalue weighted by atomic mass is 10.0. The van der Waals surface area contributed by atoms with Crippen molar-refractivity contribution in [2.75, 3.05) is 49.4 Å². The van der Waals surface area contributed by atoms with Crippen LogP contribution in [-0.4, -0.2) is 66.2 Å². The number of pyridine rings is 1. The number of ether oxygens (including phenoxy) is 2. The van der Waals surface area contributed by atoms with E-state index >= 15 is 0 Å². The second-order valence-electron chi connectivity index (χ2n) is 8.46. The molecule has 0 bridgehead atoms. The molecule has 35 heavy (non-hydrogen) atoms. The monoisotopic (exact) mass is 486 g/mol. The van der Waals surface area contributed by atoms with Crippen molar-refractivity contribution in [3.05, 3.63) is 35.6 Å². The van der Waals surface area contributed by atoms with E-state index in [1.807, 2.05) is 25.2 Å². The zero-order chi connectivity index (χ0) is 24.9. The molecule has 1 amide bonds. The Labute approximate surface area is 202 Å². The van der Waals surface area contributed by atoms with Crippen molar-refractivity contribution in [3.8, 4) is 0 Å². The van der Waals surface area contributed by atoms with Gasteiger partial charge in [0.15, 0.2) is 17.5 Å². The van der Waals surface area contributed by atoms with Gasteiger partial charge in [0.05, 0.1) is 17.7 Å². The number of nitrogens with two attached hydrogens (primary N) is 2. The number of nitrogens with one attached hydrogen (secondary N) is 3. The molecule has 1 aliphatic rings. The van der Waals surface area contributed by atoms with Crippen LogP contribution in [0, 0.1) is 5.82 Å². The van der Waals surface area contributed by atoms with Crippen LogP contribution in [0.5, 0.6) is 0 Å². The molecule has 0 spiro atoms. The molecule has 0 aliphatic carbocycles. The predicted octanol–water partition coefficient (Wildman–Crippen LogP) is 1.93. The maximum Gasteiger partial charge on any atom is 0.252 e. The molecule has 2 atom stereocenters. The summed E-state index contributed by atoms with van der Waals surface area (Å²) >= 11 is 0. The third-order valence-electron chi connectivity index (χ3n) is 5.89. The summed E-state index contributed by atoms with van der Waals surface area (Å²) in [4.78, 5) is 16.4. The molecule has 4 rings (SSSR count). The topological polar surface area (TPSA) is 154 Å². The van der Waals surface area contributed by atoms with Gasteiger partial charge in [-0.1, -0.05) is 0 Å². The van der Waals surface area contributed by atoms with Crippen LogP contribution in [-0.2, 0) is 16.5 Å². The maximum absolute atomic E-state index is 14.8. The summed E-state index contributed by atoms with van der Waals surface area (Å²) < 4.78 is 27.0. The van der Waals surface area contributed by atoms with E-state index in [-0.39, 0.29) is 29.3 Å². The van der Waals surface area contributed by atoms with Crippen molar-refractivity contribution in [2.45, 2.75) is 24.9 Å². The van der Waals surface area contributed by atoms with Gasteiger partial charge in [-0.15, -0.1) is 0 Å². The molecule has 11 nitrogen and oxygen atoms in total. The number of benzene rings is 1. The van der Waals surface area contributed by atoms with Crippen LogP contribution >= 0.6 is 0 Å². The highest BCUT2D eigenvalue weighted by Gasteiger charge is 2.25. The summed E-state index contributed by atoms with van der Waals surface area (Å²) in [7, 11) is 3.53. The van der Waals surface area contributed by atoms with Gasteiger partial charge in [0.25, 0.3) is 5.91 Å². The summed E-state index contributed by atoms with van der Waals surface area (Å²) in [5.74, 6) is -0.632. The number of hydrogen-bond donors (Lipinski definition) is 5. The molecule has 0 radical (unpaired) electrons. The molecule has 1 saturated heterocycles. The highest BCUT2D eigenvalue weighted by Crippen LogP contribution is 2.29. The molecule has 188 valence electrons. The van der Waals surface area contributed by atoms with Gasteiger partial charge < -0.3 is 36.9 Å². The second kappa shape index (κ2) is 10.8. The van der Waals surface area contributed by atoms with Gasteiger partial charge in [0, 0.05) is 57.1 Å². The Balaban J connectivity index is 1.62. The number of hydrogen-bond acceptors (Lipinski definition) is 9. The summed E-state index contributed by atoms with van der Waals surface area (Å²) in [5, 5.41) is 14.9. The molecular weight excluding hydrogens is 455 g/mol. The number of aromatic nitrogens is 3. The smallest absolute Gasteiger partial charge is 0.252 e. The number of aryl methyl sites for hydroxylation is 1. The van der Waals surface area contributed by atoms with Crippen molar-refractivity contribution >= 4 is 40.0 Å². The Morgan fingerprint density at radius 1 is 1.31 bits per heavy atom. The standard InChI is InChI=1S/C23H31FN8O3/c1-32-19-5-4-13(10-14(19)21(31-32)27-7-3-8-34-2)28-22-15(20(26)33)11-16(24)23(30-22)29-18-6-9-35-12-17(18)25/h4-5,10-11,17-18H,3,6-9,12,25H2,1-2H3,(H2,26,33)(H,27,31)(H2,28,29,30)/t17-,18+/m0/s1. The quantitative estimate of drug-likeness (QED) is 0.270. The summed E-state index contributed by atoms with van der Waals surface area (Å²) in [6.07, 6.45) is 1.45. The minimum Gasteiger partial charge on any atom is -0.385 e. The Morgan fingerprint density at radius 2 is 2.14 bits per heavy atom. The highest BCUT2D eigenvalue weighted by atomic mass is 19.1. The molecule has 0 unspecified atom stereocenters. The Kier molecular flexibility index (Phi) is 7.63. The second-order valence-corrected chi connectivity index (χ2v) is 8.46. The van der Waals surface area contributed by atoms with Gasteiger partial charge in [-0.05, 0) is 37.1 Å². The van der Waals surface area contributed by atoms with E-state index in [9.17, 15) is 9.18 Å². The number of halogens is 1. The van der Waals surface area contributed by atoms with Gasteiger partial charge in [-0.2, -0.15) is 5.10 Å². The molecule has 1 aromatic carbocycles. The van der Waals surface area contributed by atoms with Gasteiger partial charge in [0.2, 0.25) is 0 Å². The Hall–Kier alpha value is -3.48. The minimum absolute atomic E-state index is 0.0113. The van der Waals surface area contributed by atoms with Gasteiger partial charge in [-0.3, -0.25) is 9.48 Å². The number of carbonyl (C=O) groups excluding carboxylic acids is 1. The number of anilines is 4. The first-order chi connectivity index (χ1) is 16.9. The van der Waals surface area contributed by atoms with Gasteiger partial charge in [-0.25, -0.2) is 9.37 Å². The van der Waals surface area contributed by atoms with E-state index in [0.29, 0.717) is 38.5 Å². The summed E-state index contributed by atoms with van der Waals surface area (Å²) in [6.45, 7) is 2.24. The van der Waals surface area contributed by atoms with Crippen LogP contribution in [0.15, 0.2) is 24.3 Å². The number of fused-ring (bicyclic) bond motifs is 1. The third kappa shape index (κ3) is 5.61. The van der Waals surface area contributed by atoms with Crippen molar-refractivity contribution in [3.63, 3.8) is 0 Å². The largest absolute Gasteiger partial charge is 0.385 e. The average Bonchev–Trinajstić information content (AvgIpc) is 3.14. The minimum atomic E-state index is -0.795. The first-order valence-electron chi connectivity index (χ1n) is 11.4. The molecule has 3 aromatic rings. The van der Waals surface area contributed by atoms with Crippen molar-refractivity contribution < 1.29 is 18.7 Å². The lowest BCUT2D eigenvalue weighted by Crippen LogP contribution is -2.47. The highest BCUT2D eigenvalue weighted by molar-refractivity contribution is 5.99. The number of amides is 1. The number of primary amides is 1. The van der Waals surface area contributed by atoms with E-state index < -0.39 is 11.7 Å². The molecule has 0 saturated carbocycles. The predicted molar refractivity (Wildman–Crippen MR) is 133 cm³/mol. The SMILES string of the molecule is COCCCNc1nn(C)c2ccc(Nc3nc(N[C@@H]4CCOC[C@@H]4N)c(F)cc3C(N)=O)cc12. The fraction of sp³-hybridized carbons (Fsp3) is 0.435. The van der Waals surface area contributed by atoms with Crippen LogP contribution in [0.1, 0.15) is 23.2 Å². The molecule has 3 heterocycles. The summed E-state index contributed by atoms with van der Waals surface area (Å²) in [5.41, 5.74) is 13.1. The first kappa shape index (κ1) is 24.6. The van der Waals surface area contributed by atoms with Crippen molar-refractivity contribution in [1.29, 1.82) is 0 Å². The number of nitrogens with zero attached hydrogens (tertiary/aromatic N) is 3. The van der Waals surface area contributed by atoms with Gasteiger partial charge in [0.1, 0.15) is 5.82 Å². The van der Waals surface area contributed by atoms with Crippen LogP contribution < -0.4 is 27.4 Å². The first-order valence-corrected chi connectivity index (χ1v) is 11.4. The molecule has 7 N–H and O–H groups in total. The van der Waals surface area contributed by atoms with Crippen LogP contribution in [0.2, 0.25) is 0 Å². The van der Waals surface area contributed by atoms with Crippen LogP contribution in [0.3, 0.4) is 0 Å². The van der Waals surface area contributed by atoms with E-state index in [0.717, 1.165) is 29.2 Å². The number of rotatable bonds is 10. The molecule has 12 heteroatoms. The lowest BCUT2D eigenvalue weighted by Gasteiger charge is -2.30. The Bertz CT molecular complexity index is 1200. The van der Waals surface area contributed by atoms with E-state index in [1.54, 1.807) is 11.8 Å². The third-order valence-corrected chi connectivity index (χ3v) is 5.89. The zero-order valence-electron chi connectivity index (χ0n) is 19.8. The van der Waals surface area contributed by atoms with Crippen molar-refractivity contribution in [1.82, 2.24) is 14.8 Å². The van der Waals surface area contributed by atoms with Crippen LogP contribution in [0.4, 0.5) is 27.5 Å². The average molecular weight is 487 g/mol. The van der Waals surface area contributed by atoms with Crippen molar-refractivity contribution in [2.24, 2.45) is 18.5 Å².